The predicted molar refractivity (Wildman–Crippen MR) is 106 cm³/mol. The van der Waals surface area contributed by atoms with Crippen molar-refractivity contribution in [3.05, 3.63) is 93.3 Å². The lowest BCUT2D eigenvalue weighted by Crippen LogP contribution is -2.34. The molecule has 148 valence electrons. The summed E-state index contributed by atoms with van der Waals surface area (Å²) in [5.41, 5.74) is 3.53. The number of nitrogens with zero attached hydrogens (tertiary/aromatic N) is 3. The van der Waals surface area contributed by atoms with Gasteiger partial charge in [-0.3, -0.25) is 14.9 Å². The Balaban J connectivity index is 1.73. The van der Waals surface area contributed by atoms with E-state index >= 15 is 0 Å². The van der Waals surface area contributed by atoms with E-state index in [1.54, 1.807) is 16.8 Å². The lowest BCUT2D eigenvalue weighted by molar-refractivity contribution is -0.384. The number of ether oxygens (including phenoxy) is 1. The van der Waals surface area contributed by atoms with Gasteiger partial charge in [-0.25, -0.2) is 4.68 Å². The molecule has 1 aromatic heterocycles. The van der Waals surface area contributed by atoms with Gasteiger partial charge < -0.3 is 4.74 Å². The normalized spacial score (nSPS) is 21.6. The molecule has 1 fully saturated rings. The maximum Gasteiger partial charge on any atom is 0.316 e. The Hall–Kier alpha value is -3.48. The van der Waals surface area contributed by atoms with Gasteiger partial charge in [0, 0.05) is 30.2 Å². The summed E-state index contributed by atoms with van der Waals surface area (Å²) < 4.78 is 7.55. The average molecular weight is 391 g/mol. The van der Waals surface area contributed by atoms with E-state index < -0.39 is 17.1 Å². The second-order valence-electron chi connectivity index (χ2n) is 7.34. The Kier molecular flexibility index (Phi) is 4.88. The summed E-state index contributed by atoms with van der Waals surface area (Å²) in [5.74, 6) is -1.02. The molecule has 1 aliphatic rings. The lowest BCUT2D eigenvalue weighted by Gasteiger charge is -2.36. The maximum absolute atomic E-state index is 13.1. The fourth-order valence-electron chi connectivity index (χ4n) is 4.06. The van der Waals surface area contributed by atoms with E-state index in [2.05, 4.69) is 5.10 Å². The number of hydrogen-bond acceptors (Lipinski definition) is 5. The van der Waals surface area contributed by atoms with Crippen LogP contribution in [-0.4, -0.2) is 20.7 Å². The summed E-state index contributed by atoms with van der Waals surface area (Å²) in [6.45, 7) is 3.84. The van der Waals surface area contributed by atoms with E-state index in [1.165, 1.54) is 12.1 Å². The molecule has 2 heterocycles. The molecule has 0 saturated carbocycles. The summed E-state index contributed by atoms with van der Waals surface area (Å²) in [7, 11) is 0. The fourth-order valence-corrected chi connectivity index (χ4v) is 4.06. The second-order valence-corrected chi connectivity index (χ2v) is 7.34. The van der Waals surface area contributed by atoms with E-state index in [0.717, 1.165) is 17.0 Å². The number of nitro groups is 1. The molecule has 29 heavy (non-hydrogen) atoms. The summed E-state index contributed by atoms with van der Waals surface area (Å²) in [6.07, 6.45) is 0.0787. The summed E-state index contributed by atoms with van der Waals surface area (Å²) in [4.78, 5) is 23.6. The van der Waals surface area contributed by atoms with Crippen molar-refractivity contribution < 1.29 is 14.5 Å². The number of aryl methyl sites for hydroxylation is 2. The van der Waals surface area contributed by atoms with E-state index in [0.29, 0.717) is 12.0 Å². The molecule has 7 heteroatoms. The van der Waals surface area contributed by atoms with Crippen molar-refractivity contribution in [2.75, 3.05) is 0 Å². The summed E-state index contributed by atoms with van der Waals surface area (Å²) in [5, 5.41) is 15.5. The van der Waals surface area contributed by atoms with Crippen molar-refractivity contribution in [1.29, 1.82) is 0 Å². The van der Waals surface area contributed by atoms with Crippen LogP contribution in [0.2, 0.25) is 0 Å². The van der Waals surface area contributed by atoms with Crippen molar-refractivity contribution in [3.8, 4) is 0 Å². The molecule has 0 unspecified atom stereocenters. The van der Waals surface area contributed by atoms with E-state index in [1.807, 2.05) is 50.2 Å². The molecule has 1 saturated heterocycles. The van der Waals surface area contributed by atoms with Crippen LogP contribution in [0.3, 0.4) is 0 Å². The smallest absolute Gasteiger partial charge is 0.316 e. The maximum atomic E-state index is 13.1. The Morgan fingerprint density at radius 1 is 1.07 bits per heavy atom. The number of hydrogen-bond donors (Lipinski definition) is 0. The van der Waals surface area contributed by atoms with Crippen molar-refractivity contribution in [1.82, 2.24) is 9.78 Å². The first-order chi connectivity index (χ1) is 13.9. The molecule has 0 spiro atoms. The number of carbonyl (C=O) groups excluding carboxylic acids is 1. The number of carbonyl (C=O) groups is 1. The molecular weight excluding hydrogens is 370 g/mol. The van der Waals surface area contributed by atoms with Gasteiger partial charge in [-0.2, -0.15) is 5.10 Å². The molecule has 3 atom stereocenters. The minimum absolute atomic E-state index is 0.00490. The van der Waals surface area contributed by atoms with Crippen LogP contribution < -0.4 is 0 Å². The van der Waals surface area contributed by atoms with Crippen LogP contribution in [0, 0.1) is 24.0 Å². The molecule has 3 aromatic rings. The van der Waals surface area contributed by atoms with Gasteiger partial charge in [0.05, 0.1) is 16.5 Å². The number of aromatic nitrogens is 2. The van der Waals surface area contributed by atoms with Crippen LogP contribution in [0.5, 0.6) is 0 Å². The topological polar surface area (TPSA) is 87.3 Å². The molecule has 0 N–H and O–H groups in total. The Bertz CT molecular complexity index is 1040. The minimum atomic E-state index is -0.536. The molecule has 0 radical (unpaired) electrons. The number of nitro benzene ring substituents is 1. The van der Waals surface area contributed by atoms with E-state index in [-0.39, 0.29) is 17.6 Å². The number of cyclic esters (lactones) is 1. The van der Waals surface area contributed by atoms with Crippen LogP contribution in [0.25, 0.3) is 0 Å². The quantitative estimate of drug-likeness (QED) is 0.373. The molecule has 0 bridgehead atoms. The van der Waals surface area contributed by atoms with Gasteiger partial charge >= 0.3 is 5.97 Å². The van der Waals surface area contributed by atoms with Gasteiger partial charge in [0.15, 0.2) is 6.23 Å². The molecule has 0 amide bonds. The van der Waals surface area contributed by atoms with Crippen LogP contribution in [0.15, 0.2) is 60.7 Å². The Labute approximate surface area is 168 Å². The molecule has 1 aliphatic heterocycles. The highest BCUT2D eigenvalue weighted by atomic mass is 16.6. The predicted octanol–water partition coefficient (Wildman–Crippen LogP) is 4.42. The van der Waals surface area contributed by atoms with Crippen LogP contribution in [-0.2, 0) is 9.53 Å². The Morgan fingerprint density at radius 3 is 2.34 bits per heavy atom. The third-order valence-electron chi connectivity index (χ3n) is 5.37. The second kappa shape index (κ2) is 7.50. The zero-order valence-electron chi connectivity index (χ0n) is 16.2. The highest BCUT2D eigenvalue weighted by Gasteiger charge is 2.41. The van der Waals surface area contributed by atoms with Gasteiger partial charge in [-0.15, -0.1) is 0 Å². The van der Waals surface area contributed by atoms with Crippen molar-refractivity contribution in [2.45, 2.75) is 38.3 Å². The van der Waals surface area contributed by atoms with Crippen molar-refractivity contribution in [2.24, 2.45) is 0 Å². The monoisotopic (exact) mass is 391 g/mol. The zero-order chi connectivity index (χ0) is 20.5. The third kappa shape index (κ3) is 3.63. The van der Waals surface area contributed by atoms with Crippen molar-refractivity contribution in [3.63, 3.8) is 0 Å². The first kappa shape index (κ1) is 18.9. The number of esters is 1. The first-order valence-corrected chi connectivity index (χ1v) is 9.46. The minimum Gasteiger partial charge on any atom is -0.439 e. The molecule has 2 aromatic carbocycles. The number of rotatable bonds is 4. The van der Waals surface area contributed by atoms with Gasteiger partial charge in [0.25, 0.3) is 5.69 Å². The first-order valence-electron chi connectivity index (χ1n) is 9.46. The number of non-ortho nitro benzene ring substituents is 1. The highest BCUT2D eigenvalue weighted by Crippen LogP contribution is 2.45. The third-order valence-corrected chi connectivity index (χ3v) is 5.37. The van der Waals surface area contributed by atoms with E-state index in [4.69, 9.17) is 4.74 Å². The van der Waals surface area contributed by atoms with Crippen LogP contribution >= 0.6 is 0 Å². The lowest BCUT2D eigenvalue weighted by atomic mass is 9.77. The average Bonchev–Trinajstić information content (AvgIpc) is 3.06. The van der Waals surface area contributed by atoms with Gasteiger partial charge in [0.1, 0.15) is 0 Å². The van der Waals surface area contributed by atoms with Crippen LogP contribution in [0.4, 0.5) is 5.69 Å². The fraction of sp³-hybridized carbons (Fsp3) is 0.273. The standard InChI is InChI=1S/C22H21N3O4/c1-14-12-15(2)24(23-14)20-13-19(16-6-4-3-5-7-16)21(22(26)29-20)17-8-10-18(11-9-17)25(27)28/h3-12,19-21H,13H2,1-2H3/t19-,20+,21-/m0/s1. The zero-order valence-corrected chi connectivity index (χ0v) is 16.2. The molecule has 4 rings (SSSR count). The summed E-state index contributed by atoms with van der Waals surface area (Å²) >= 11 is 0. The van der Waals surface area contributed by atoms with Gasteiger partial charge in [0.2, 0.25) is 0 Å². The molecule has 7 nitrogen and oxygen atoms in total. The highest BCUT2D eigenvalue weighted by molar-refractivity contribution is 5.80. The largest absolute Gasteiger partial charge is 0.439 e. The van der Waals surface area contributed by atoms with Crippen molar-refractivity contribution >= 4 is 11.7 Å². The van der Waals surface area contributed by atoms with Gasteiger partial charge in [-0.05, 0) is 31.0 Å². The SMILES string of the molecule is Cc1cc(C)n([C@H]2C[C@@H](c3ccccc3)[C@H](c3ccc([N+](=O)[O-])cc3)C(=O)O2)n1. The molecule has 0 aliphatic carbocycles. The molecular formula is C22H21N3O4. The summed E-state index contributed by atoms with van der Waals surface area (Å²) in [6, 6.07) is 17.9. The Morgan fingerprint density at radius 2 is 1.76 bits per heavy atom. The van der Waals surface area contributed by atoms with Crippen LogP contribution in [0.1, 0.15) is 47.0 Å². The van der Waals surface area contributed by atoms with Gasteiger partial charge in [-0.1, -0.05) is 42.5 Å². The number of benzene rings is 2. The van der Waals surface area contributed by atoms with E-state index in [9.17, 15) is 14.9 Å².